The van der Waals surface area contributed by atoms with Crippen LogP contribution < -0.4 is 14.4 Å². The van der Waals surface area contributed by atoms with E-state index in [2.05, 4.69) is 4.72 Å². The van der Waals surface area contributed by atoms with Crippen molar-refractivity contribution in [2.45, 2.75) is 4.90 Å². The van der Waals surface area contributed by atoms with Crippen LogP contribution in [0.4, 0.5) is 10.1 Å². The van der Waals surface area contributed by atoms with E-state index >= 15 is 0 Å². The summed E-state index contributed by atoms with van der Waals surface area (Å²) in [7, 11) is -2.30. The highest BCUT2D eigenvalue weighted by Crippen LogP contribution is 2.20. The number of ether oxygens (including phenoxy) is 1. The Labute approximate surface area is 163 Å². The van der Waals surface area contributed by atoms with Gasteiger partial charge in [0, 0.05) is 26.2 Å². The van der Waals surface area contributed by atoms with Crippen LogP contribution >= 0.6 is 0 Å². The molecule has 0 aliphatic carbocycles. The van der Waals surface area contributed by atoms with E-state index < -0.39 is 10.0 Å². The van der Waals surface area contributed by atoms with Crippen molar-refractivity contribution in [3.63, 3.8) is 0 Å². The Hall–Kier alpha value is -2.65. The highest BCUT2D eigenvalue weighted by atomic mass is 32.2. The van der Waals surface area contributed by atoms with Crippen LogP contribution in [0.3, 0.4) is 0 Å². The number of amides is 1. The monoisotopic (exact) mass is 407 g/mol. The van der Waals surface area contributed by atoms with Gasteiger partial charge in [-0.15, -0.1) is 0 Å². The molecule has 9 heteroatoms. The molecule has 2 aromatic carbocycles. The minimum absolute atomic E-state index is 0.0606. The van der Waals surface area contributed by atoms with Gasteiger partial charge in [0.15, 0.2) is 0 Å². The lowest BCUT2D eigenvalue weighted by Gasteiger charge is -2.36. The maximum Gasteiger partial charge on any atom is 0.241 e. The number of carbonyl (C=O) groups excluding carboxylic acids is 1. The number of piperazine rings is 1. The summed E-state index contributed by atoms with van der Waals surface area (Å²) in [6, 6.07) is 12.4. The van der Waals surface area contributed by atoms with Crippen molar-refractivity contribution in [1.29, 1.82) is 0 Å². The number of nitrogens with one attached hydrogen (secondary N) is 1. The highest BCUT2D eigenvalue weighted by Gasteiger charge is 2.24. The van der Waals surface area contributed by atoms with E-state index in [1.54, 1.807) is 23.1 Å². The molecule has 150 valence electrons. The fraction of sp³-hybridized carbons (Fsp3) is 0.316. The van der Waals surface area contributed by atoms with Crippen molar-refractivity contribution in [2.24, 2.45) is 0 Å². The maximum atomic E-state index is 13.9. The van der Waals surface area contributed by atoms with Gasteiger partial charge < -0.3 is 14.5 Å². The largest absolute Gasteiger partial charge is 0.497 e. The second-order valence-corrected chi connectivity index (χ2v) is 8.09. The Morgan fingerprint density at radius 2 is 1.71 bits per heavy atom. The molecule has 1 heterocycles. The van der Waals surface area contributed by atoms with Crippen molar-refractivity contribution in [1.82, 2.24) is 9.62 Å². The van der Waals surface area contributed by atoms with Crippen molar-refractivity contribution >= 4 is 21.6 Å². The van der Waals surface area contributed by atoms with Gasteiger partial charge in [-0.05, 0) is 36.4 Å². The Kier molecular flexibility index (Phi) is 6.15. The summed E-state index contributed by atoms with van der Waals surface area (Å²) in [5.41, 5.74) is 0.509. The molecule has 28 heavy (non-hydrogen) atoms. The normalized spacial score (nSPS) is 14.8. The molecule has 0 bridgehead atoms. The molecule has 1 saturated heterocycles. The second-order valence-electron chi connectivity index (χ2n) is 6.32. The summed E-state index contributed by atoms with van der Waals surface area (Å²) >= 11 is 0. The number of hydrogen-bond donors (Lipinski definition) is 1. The predicted molar refractivity (Wildman–Crippen MR) is 103 cm³/mol. The van der Waals surface area contributed by atoms with Gasteiger partial charge in [0.1, 0.15) is 11.6 Å². The van der Waals surface area contributed by atoms with Crippen LogP contribution in [0.1, 0.15) is 0 Å². The number of carbonyl (C=O) groups is 1. The third-order valence-electron chi connectivity index (χ3n) is 4.61. The zero-order valence-electron chi connectivity index (χ0n) is 15.5. The van der Waals surface area contributed by atoms with Gasteiger partial charge in [-0.1, -0.05) is 12.1 Å². The van der Waals surface area contributed by atoms with E-state index in [1.165, 1.54) is 37.4 Å². The van der Waals surface area contributed by atoms with E-state index in [1.807, 2.05) is 4.90 Å². The molecule has 1 fully saturated rings. The first-order chi connectivity index (χ1) is 13.4. The fourth-order valence-corrected chi connectivity index (χ4v) is 3.99. The summed E-state index contributed by atoms with van der Waals surface area (Å²) in [6.07, 6.45) is 0. The van der Waals surface area contributed by atoms with E-state index in [-0.39, 0.29) is 23.2 Å². The summed E-state index contributed by atoms with van der Waals surface area (Å²) in [5, 5.41) is 0. The average Bonchev–Trinajstić information content (AvgIpc) is 2.72. The number of nitrogens with zero attached hydrogens (tertiary/aromatic N) is 2. The zero-order valence-corrected chi connectivity index (χ0v) is 16.3. The third-order valence-corrected chi connectivity index (χ3v) is 6.03. The molecule has 7 nitrogen and oxygen atoms in total. The topological polar surface area (TPSA) is 78.9 Å². The third kappa shape index (κ3) is 4.60. The molecular formula is C19H22FN3O4S. The van der Waals surface area contributed by atoms with Gasteiger partial charge in [-0.2, -0.15) is 0 Å². The Morgan fingerprint density at radius 1 is 1.07 bits per heavy atom. The minimum Gasteiger partial charge on any atom is -0.497 e. The van der Waals surface area contributed by atoms with Gasteiger partial charge in [0.25, 0.3) is 0 Å². The predicted octanol–water partition coefficient (Wildman–Crippen LogP) is 1.46. The first-order valence-corrected chi connectivity index (χ1v) is 10.3. The van der Waals surface area contributed by atoms with Gasteiger partial charge >= 0.3 is 0 Å². The lowest BCUT2D eigenvalue weighted by atomic mass is 10.2. The van der Waals surface area contributed by atoms with Crippen molar-refractivity contribution in [2.75, 3.05) is 44.7 Å². The van der Waals surface area contributed by atoms with Crippen molar-refractivity contribution in [3.05, 3.63) is 54.3 Å². The highest BCUT2D eigenvalue weighted by molar-refractivity contribution is 7.89. The van der Waals surface area contributed by atoms with Crippen LogP contribution in [0.2, 0.25) is 0 Å². The molecule has 1 aliphatic heterocycles. The quantitative estimate of drug-likeness (QED) is 0.785. The molecule has 0 radical (unpaired) electrons. The molecule has 3 rings (SSSR count). The number of anilines is 1. The first kappa shape index (κ1) is 20.1. The number of hydrogen-bond acceptors (Lipinski definition) is 5. The van der Waals surface area contributed by atoms with Crippen LogP contribution in [0, 0.1) is 5.82 Å². The van der Waals surface area contributed by atoms with Gasteiger partial charge in [0.05, 0.1) is 24.2 Å². The smallest absolute Gasteiger partial charge is 0.241 e. The van der Waals surface area contributed by atoms with E-state index in [4.69, 9.17) is 4.74 Å². The molecule has 0 spiro atoms. The van der Waals surface area contributed by atoms with Gasteiger partial charge in [-0.25, -0.2) is 17.5 Å². The van der Waals surface area contributed by atoms with E-state index in [0.717, 1.165) is 0 Å². The zero-order chi connectivity index (χ0) is 20.1. The Morgan fingerprint density at radius 3 is 2.32 bits per heavy atom. The second kappa shape index (κ2) is 8.57. The number of methoxy groups -OCH3 is 1. The lowest BCUT2D eigenvalue weighted by Crippen LogP contribution is -2.51. The average molecular weight is 407 g/mol. The van der Waals surface area contributed by atoms with Crippen LogP contribution in [0.25, 0.3) is 0 Å². The summed E-state index contributed by atoms with van der Waals surface area (Å²) in [6.45, 7) is 1.44. The van der Waals surface area contributed by atoms with Crippen molar-refractivity contribution < 1.29 is 22.3 Å². The lowest BCUT2D eigenvalue weighted by molar-refractivity contribution is -0.130. The molecule has 0 aromatic heterocycles. The molecule has 2 aromatic rings. The van der Waals surface area contributed by atoms with Crippen LogP contribution in [0.5, 0.6) is 5.75 Å². The minimum atomic E-state index is -3.79. The van der Waals surface area contributed by atoms with Gasteiger partial charge in [-0.3, -0.25) is 4.79 Å². The number of rotatable bonds is 6. The van der Waals surface area contributed by atoms with Crippen LogP contribution in [0.15, 0.2) is 53.4 Å². The molecule has 1 aliphatic rings. The Balaban J connectivity index is 1.53. The van der Waals surface area contributed by atoms with Crippen molar-refractivity contribution in [3.8, 4) is 5.75 Å². The number of para-hydroxylation sites is 1. The molecular weight excluding hydrogens is 385 g/mol. The molecule has 0 atom stereocenters. The molecule has 0 saturated carbocycles. The SMILES string of the molecule is COc1ccc(S(=O)(=O)NCC(=O)N2CCN(c3ccccc3F)CC2)cc1. The Bertz CT molecular complexity index is 926. The van der Waals surface area contributed by atoms with Crippen LogP contribution in [-0.2, 0) is 14.8 Å². The number of sulfonamides is 1. The molecule has 0 unspecified atom stereocenters. The maximum absolute atomic E-state index is 13.9. The van der Waals surface area contributed by atoms with E-state index in [9.17, 15) is 17.6 Å². The number of halogens is 1. The molecule has 1 amide bonds. The summed E-state index contributed by atoms with van der Waals surface area (Å²) < 4.78 is 45.9. The number of benzene rings is 2. The molecule has 1 N–H and O–H groups in total. The fourth-order valence-electron chi connectivity index (χ4n) is 3.01. The van der Waals surface area contributed by atoms with Gasteiger partial charge in [0.2, 0.25) is 15.9 Å². The standard InChI is InChI=1S/C19H22FN3O4S/c1-27-15-6-8-16(9-7-15)28(25,26)21-14-19(24)23-12-10-22(11-13-23)18-5-3-2-4-17(18)20/h2-9,21H,10-14H2,1H3. The van der Waals surface area contributed by atoms with Crippen LogP contribution in [-0.4, -0.2) is 59.1 Å². The summed E-state index contributed by atoms with van der Waals surface area (Å²) in [5.74, 6) is -0.0671. The van der Waals surface area contributed by atoms with E-state index in [0.29, 0.717) is 37.6 Å². The summed E-state index contributed by atoms with van der Waals surface area (Å²) in [4.78, 5) is 15.9. The first-order valence-electron chi connectivity index (χ1n) is 8.82.